The molecule has 0 amide bonds. The monoisotopic (exact) mass is 313 g/mol. The van der Waals surface area contributed by atoms with E-state index in [2.05, 4.69) is 0 Å². The number of hydrogen-bond donors (Lipinski definition) is 1. The third-order valence-corrected chi connectivity index (χ3v) is 3.44. The molecule has 0 spiro atoms. The minimum absolute atomic E-state index is 0.318. The van der Waals surface area contributed by atoms with E-state index >= 15 is 0 Å². The Bertz CT molecular complexity index is 644. The molecular weight excluding hydrogens is 300 g/mol. The van der Waals surface area contributed by atoms with Gasteiger partial charge in [0, 0.05) is 22.7 Å². The molecule has 0 aliphatic carbocycles. The molecule has 0 fully saturated rings. The van der Waals surface area contributed by atoms with E-state index in [4.69, 9.17) is 33.7 Å². The molecule has 0 aliphatic heterocycles. The second-order valence-electron chi connectivity index (χ2n) is 4.60. The fourth-order valence-corrected chi connectivity index (χ4v) is 2.11. The SMILES string of the molecule is Cc1cc(Oc2cc(Cl)ccc2Cl)c([C@H](C)N)cc1F. The van der Waals surface area contributed by atoms with E-state index in [1.165, 1.54) is 6.07 Å². The lowest BCUT2D eigenvalue weighted by Crippen LogP contribution is -2.08. The van der Waals surface area contributed by atoms with Gasteiger partial charge in [0.25, 0.3) is 0 Å². The van der Waals surface area contributed by atoms with Crippen LogP contribution >= 0.6 is 23.2 Å². The van der Waals surface area contributed by atoms with E-state index in [1.54, 1.807) is 38.1 Å². The summed E-state index contributed by atoms with van der Waals surface area (Å²) in [4.78, 5) is 0. The predicted molar refractivity (Wildman–Crippen MR) is 80.3 cm³/mol. The quantitative estimate of drug-likeness (QED) is 0.839. The number of hydrogen-bond acceptors (Lipinski definition) is 2. The highest BCUT2D eigenvalue weighted by Gasteiger charge is 2.14. The number of benzene rings is 2. The van der Waals surface area contributed by atoms with Gasteiger partial charge >= 0.3 is 0 Å². The Kier molecular flexibility index (Phi) is 4.53. The molecule has 0 heterocycles. The van der Waals surface area contributed by atoms with Crippen molar-refractivity contribution in [3.8, 4) is 11.5 Å². The van der Waals surface area contributed by atoms with Gasteiger partial charge in [-0.15, -0.1) is 0 Å². The summed E-state index contributed by atoms with van der Waals surface area (Å²) in [5, 5.41) is 0.928. The first kappa shape index (κ1) is 15.1. The average Bonchev–Trinajstić information content (AvgIpc) is 2.37. The minimum atomic E-state index is -0.363. The van der Waals surface area contributed by atoms with Crippen LogP contribution < -0.4 is 10.5 Å². The van der Waals surface area contributed by atoms with Crippen LogP contribution in [0.5, 0.6) is 11.5 Å². The van der Waals surface area contributed by atoms with Gasteiger partial charge in [-0.25, -0.2) is 4.39 Å². The summed E-state index contributed by atoms with van der Waals surface area (Å²) in [5.74, 6) is 0.567. The van der Waals surface area contributed by atoms with E-state index < -0.39 is 0 Å². The second kappa shape index (κ2) is 6.00. The average molecular weight is 314 g/mol. The molecule has 2 nitrogen and oxygen atoms in total. The molecule has 0 saturated carbocycles. The Balaban J connectivity index is 2.47. The van der Waals surface area contributed by atoms with Crippen LogP contribution in [0.2, 0.25) is 10.0 Å². The van der Waals surface area contributed by atoms with Crippen molar-refractivity contribution in [3.05, 3.63) is 57.3 Å². The van der Waals surface area contributed by atoms with Crippen molar-refractivity contribution in [2.24, 2.45) is 5.73 Å². The zero-order valence-corrected chi connectivity index (χ0v) is 12.6. The summed E-state index contributed by atoms with van der Waals surface area (Å²) < 4.78 is 19.4. The van der Waals surface area contributed by atoms with Crippen LogP contribution in [-0.4, -0.2) is 0 Å². The van der Waals surface area contributed by atoms with Gasteiger partial charge in [0.15, 0.2) is 0 Å². The van der Waals surface area contributed by atoms with E-state index in [0.717, 1.165) is 0 Å². The Morgan fingerprint density at radius 2 is 1.85 bits per heavy atom. The molecule has 2 N–H and O–H groups in total. The van der Waals surface area contributed by atoms with Crippen LogP contribution in [0.15, 0.2) is 30.3 Å². The molecule has 2 rings (SSSR count). The van der Waals surface area contributed by atoms with Gasteiger partial charge in [-0.05, 0) is 43.7 Å². The maximum atomic E-state index is 13.6. The molecule has 5 heteroatoms. The number of rotatable bonds is 3. The van der Waals surface area contributed by atoms with Crippen LogP contribution in [0.4, 0.5) is 4.39 Å². The van der Waals surface area contributed by atoms with Crippen LogP contribution in [-0.2, 0) is 0 Å². The third-order valence-electron chi connectivity index (χ3n) is 2.89. The molecule has 1 atom stereocenters. The van der Waals surface area contributed by atoms with Gasteiger partial charge in [0.2, 0.25) is 0 Å². The van der Waals surface area contributed by atoms with Gasteiger partial charge in [0.05, 0.1) is 5.02 Å². The summed E-state index contributed by atoms with van der Waals surface area (Å²) in [6, 6.07) is 7.53. The normalized spacial score (nSPS) is 12.3. The summed E-state index contributed by atoms with van der Waals surface area (Å²) in [5.41, 5.74) is 6.90. The van der Waals surface area contributed by atoms with Crippen molar-refractivity contribution in [2.75, 3.05) is 0 Å². The molecular formula is C15H14Cl2FNO. The number of nitrogens with two attached hydrogens (primary N) is 1. The highest BCUT2D eigenvalue weighted by Crippen LogP contribution is 2.35. The first-order valence-corrected chi connectivity index (χ1v) is 6.82. The van der Waals surface area contributed by atoms with Crippen molar-refractivity contribution < 1.29 is 9.13 Å². The molecule has 0 bridgehead atoms. The molecule has 2 aromatic carbocycles. The standard InChI is InChI=1S/C15H14Cl2FNO/c1-8-5-14(11(9(2)19)7-13(8)18)20-15-6-10(16)3-4-12(15)17/h3-7,9H,19H2,1-2H3/t9-/m0/s1. The van der Waals surface area contributed by atoms with Gasteiger partial charge in [-0.2, -0.15) is 0 Å². The Morgan fingerprint density at radius 3 is 2.50 bits per heavy atom. The van der Waals surface area contributed by atoms with E-state index in [9.17, 15) is 4.39 Å². The molecule has 2 aromatic rings. The molecule has 0 unspecified atom stereocenters. The number of halogens is 3. The van der Waals surface area contributed by atoms with Crippen LogP contribution in [0.1, 0.15) is 24.1 Å². The highest BCUT2D eigenvalue weighted by atomic mass is 35.5. The lowest BCUT2D eigenvalue weighted by molar-refractivity contribution is 0.468. The van der Waals surface area contributed by atoms with Gasteiger partial charge in [-0.3, -0.25) is 0 Å². The van der Waals surface area contributed by atoms with E-state index in [1.807, 2.05) is 0 Å². The maximum absolute atomic E-state index is 13.6. The van der Waals surface area contributed by atoms with Crippen LogP contribution in [0.25, 0.3) is 0 Å². The highest BCUT2D eigenvalue weighted by molar-refractivity contribution is 6.34. The Hall–Kier alpha value is -1.29. The Labute approximate surface area is 127 Å². The molecule has 0 aromatic heterocycles. The molecule has 20 heavy (non-hydrogen) atoms. The number of aryl methyl sites for hydroxylation is 1. The van der Waals surface area contributed by atoms with E-state index in [-0.39, 0.29) is 11.9 Å². The van der Waals surface area contributed by atoms with Crippen LogP contribution in [0.3, 0.4) is 0 Å². The van der Waals surface area contributed by atoms with Crippen LogP contribution in [0, 0.1) is 12.7 Å². The fourth-order valence-electron chi connectivity index (χ4n) is 1.79. The van der Waals surface area contributed by atoms with Crippen molar-refractivity contribution in [2.45, 2.75) is 19.9 Å². The summed E-state index contributed by atoms with van der Waals surface area (Å²) in [6.45, 7) is 3.42. The first-order chi connectivity index (χ1) is 9.38. The third kappa shape index (κ3) is 3.23. The molecule has 0 aliphatic rings. The van der Waals surface area contributed by atoms with Gasteiger partial charge < -0.3 is 10.5 Å². The number of ether oxygens (including phenoxy) is 1. The van der Waals surface area contributed by atoms with Gasteiger partial charge in [-0.1, -0.05) is 23.2 Å². The molecule has 0 saturated heterocycles. The lowest BCUT2D eigenvalue weighted by Gasteiger charge is -2.16. The van der Waals surface area contributed by atoms with Gasteiger partial charge in [0.1, 0.15) is 17.3 Å². The molecule has 0 radical (unpaired) electrons. The second-order valence-corrected chi connectivity index (χ2v) is 5.45. The summed E-state index contributed by atoms with van der Waals surface area (Å²) in [6.07, 6.45) is 0. The fraction of sp³-hybridized carbons (Fsp3) is 0.200. The minimum Gasteiger partial charge on any atom is -0.455 e. The summed E-state index contributed by atoms with van der Waals surface area (Å²) in [7, 11) is 0. The largest absolute Gasteiger partial charge is 0.455 e. The summed E-state index contributed by atoms with van der Waals surface area (Å²) >= 11 is 12.0. The van der Waals surface area contributed by atoms with Crippen molar-refractivity contribution in [3.63, 3.8) is 0 Å². The van der Waals surface area contributed by atoms with E-state index in [0.29, 0.717) is 32.7 Å². The Morgan fingerprint density at radius 1 is 1.15 bits per heavy atom. The lowest BCUT2D eigenvalue weighted by atomic mass is 10.1. The van der Waals surface area contributed by atoms with Crippen molar-refractivity contribution >= 4 is 23.2 Å². The maximum Gasteiger partial charge on any atom is 0.147 e. The zero-order valence-electron chi connectivity index (χ0n) is 11.1. The molecule has 106 valence electrons. The zero-order chi connectivity index (χ0) is 14.9. The van der Waals surface area contributed by atoms with Crippen molar-refractivity contribution in [1.29, 1.82) is 0 Å². The van der Waals surface area contributed by atoms with Crippen molar-refractivity contribution in [1.82, 2.24) is 0 Å². The predicted octanol–water partition coefficient (Wildman–Crippen LogP) is 5.25. The smallest absolute Gasteiger partial charge is 0.147 e. The topological polar surface area (TPSA) is 35.2 Å². The first-order valence-electron chi connectivity index (χ1n) is 6.07.